The van der Waals surface area contributed by atoms with E-state index in [1.165, 1.54) is 5.56 Å². The summed E-state index contributed by atoms with van der Waals surface area (Å²) in [5.74, 6) is -1.40. The third kappa shape index (κ3) is 4.32. The summed E-state index contributed by atoms with van der Waals surface area (Å²) in [6, 6.07) is 19.9. The molecule has 0 saturated carbocycles. The fourth-order valence-electron chi connectivity index (χ4n) is 5.11. The molecule has 35 heavy (non-hydrogen) atoms. The maximum atomic E-state index is 13.6. The number of amides is 1. The molecule has 178 valence electrons. The number of benzene rings is 2. The molecule has 4 aromatic rings. The number of hydrogen-bond acceptors (Lipinski definition) is 6. The third-order valence-corrected chi connectivity index (χ3v) is 6.87. The van der Waals surface area contributed by atoms with Crippen LogP contribution in [0.5, 0.6) is 0 Å². The third-order valence-electron chi connectivity index (χ3n) is 6.87. The van der Waals surface area contributed by atoms with E-state index in [1.54, 1.807) is 12.4 Å². The van der Waals surface area contributed by atoms with Gasteiger partial charge in [0.05, 0.1) is 18.7 Å². The molecule has 6 rings (SSSR count). The molecule has 2 aliphatic heterocycles. The smallest absolute Gasteiger partial charge is 0.234 e. The summed E-state index contributed by atoms with van der Waals surface area (Å²) in [5, 5.41) is 11.6. The van der Waals surface area contributed by atoms with Crippen molar-refractivity contribution >= 4 is 22.5 Å². The highest BCUT2D eigenvalue weighted by atomic mass is 16.7. The number of rotatable bonds is 5. The number of nitrogens with zero attached hydrogens (tertiary/aromatic N) is 3. The Morgan fingerprint density at radius 2 is 1.89 bits per heavy atom. The molecule has 2 aromatic heterocycles. The van der Waals surface area contributed by atoms with E-state index in [0.717, 1.165) is 35.2 Å². The topological polar surface area (TPSA) is 92.4 Å². The van der Waals surface area contributed by atoms with Gasteiger partial charge in [-0.05, 0) is 35.9 Å². The number of aromatic nitrogens is 3. The molecule has 1 unspecified atom stereocenters. The van der Waals surface area contributed by atoms with Gasteiger partial charge >= 0.3 is 0 Å². The first kappa shape index (κ1) is 21.9. The van der Waals surface area contributed by atoms with Gasteiger partial charge < -0.3 is 14.8 Å². The van der Waals surface area contributed by atoms with Crippen molar-refractivity contribution in [3.8, 4) is 11.3 Å². The molecule has 2 N–H and O–H groups in total. The maximum Gasteiger partial charge on any atom is 0.234 e. The normalized spacial score (nSPS) is 19.8. The van der Waals surface area contributed by atoms with Crippen molar-refractivity contribution in [3.05, 3.63) is 78.6 Å². The van der Waals surface area contributed by atoms with Crippen LogP contribution >= 0.6 is 0 Å². The van der Waals surface area contributed by atoms with Crippen LogP contribution in [0.4, 0.5) is 5.69 Å². The second-order valence-electron chi connectivity index (χ2n) is 9.09. The summed E-state index contributed by atoms with van der Waals surface area (Å²) in [5.41, 5.74) is 4.63. The fraction of sp³-hybridized carbons (Fsp3) is 0.296. The predicted molar refractivity (Wildman–Crippen MR) is 132 cm³/mol. The van der Waals surface area contributed by atoms with Crippen molar-refractivity contribution in [2.24, 2.45) is 5.92 Å². The van der Waals surface area contributed by atoms with E-state index in [9.17, 15) is 4.79 Å². The average molecular weight is 470 g/mol. The van der Waals surface area contributed by atoms with Gasteiger partial charge in [0, 0.05) is 55.1 Å². The molecule has 8 heteroatoms. The van der Waals surface area contributed by atoms with Crippen LogP contribution in [-0.4, -0.2) is 58.1 Å². The van der Waals surface area contributed by atoms with Crippen molar-refractivity contribution < 1.29 is 14.3 Å². The molecular weight excluding hydrogens is 442 g/mol. The Balaban J connectivity index is 1.25. The van der Waals surface area contributed by atoms with E-state index >= 15 is 0 Å². The molecule has 2 aromatic carbocycles. The van der Waals surface area contributed by atoms with Crippen LogP contribution in [0.2, 0.25) is 0 Å². The number of piperidine rings is 1. The standard InChI is InChI=1S/C27H27N5O3/c33-26(29-21-6-7-24-22(16-21)25(31-30-24)20-8-11-28-12-9-20)23-18-32(17-19-4-2-1-3-5-19)13-10-27(23)34-14-15-35-27/h1-9,11-12,16,23H,10,13-15,17-18H2,(H,29,33)(H,30,31). The van der Waals surface area contributed by atoms with Gasteiger partial charge in [-0.3, -0.25) is 19.8 Å². The van der Waals surface area contributed by atoms with E-state index in [2.05, 4.69) is 37.5 Å². The second kappa shape index (κ2) is 9.22. The van der Waals surface area contributed by atoms with E-state index in [0.29, 0.717) is 31.9 Å². The van der Waals surface area contributed by atoms with Crippen LogP contribution in [0, 0.1) is 5.92 Å². The number of carbonyl (C=O) groups is 1. The number of ether oxygens (including phenoxy) is 2. The Bertz CT molecular complexity index is 1320. The summed E-state index contributed by atoms with van der Waals surface area (Å²) in [6.07, 6.45) is 4.14. The Kier molecular flexibility index (Phi) is 5.77. The van der Waals surface area contributed by atoms with Crippen LogP contribution in [0.15, 0.2) is 73.1 Å². The Hall–Kier alpha value is -3.59. The molecule has 1 atom stereocenters. The van der Waals surface area contributed by atoms with Gasteiger partial charge in [-0.2, -0.15) is 5.10 Å². The molecule has 4 heterocycles. The summed E-state index contributed by atoms with van der Waals surface area (Å²) < 4.78 is 12.1. The summed E-state index contributed by atoms with van der Waals surface area (Å²) in [7, 11) is 0. The minimum atomic E-state index is -0.862. The van der Waals surface area contributed by atoms with Crippen LogP contribution < -0.4 is 5.32 Å². The van der Waals surface area contributed by atoms with Gasteiger partial charge in [0.25, 0.3) is 0 Å². The minimum absolute atomic E-state index is 0.0991. The molecule has 1 amide bonds. The number of pyridine rings is 1. The molecule has 8 nitrogen and oxygen atoms in total. The van der Waals surface area contributed by atoms with Crippen molar-refractivity contribution in [1.29, 1.82) is 0 Å². The summed E-state index contributed by atoms with van der Waals surface area (Å²) >= 11 is 0. The lowest BCUT2D eigenvalue weighted by molar-refractivity contribution is -0.218. The number of nitrogens with one attached hydrogen (secondary N) is 2. The van der Waals surface area contributed by atoms with E-state index in [1.807, 2.05) is 48.5 Å². The first-order valence-corrected chi connectivity index (χ1v) is 11.9. The van der Waals surface area contributed by atoms with Crippen LogP contribution in [0.3, 0.4) is 0 Å². The van der Waals surface area contributed by atoms with Crippen LogP contribution in [0.1, 0.15) is 12.0 Å². The predicted octanol–water partition coefficient (Wildman–Crippen LogP) is 3.83. The number of hydrogen-bond donors (Lipinski definition) is 2. The minimum Gasteiger partial charge on any atom is -0.347 e. The van der Waals surface area contributed by atoms with Gasteiger partial charge in [-0.15, -0.1) is 0 Å². The van der Waals surface area contributed by atoms with Gasteiger partial charge in [0.2, 0.25) is 5.91 Å². The van der Waals surface area contributed by atoms with Crippen molar-refractivity contribution in [2.75, 3.05) is 31.6 Å². The zero-order valence-electron chi connectivity index (χ0n) is 19.3. The van der Waals surface area contributed by atoms with Crippen molar-refractivity contribution in [1.82, 2.24) is 20.1 Å². The lowest BCUT2D eigenvalue weighted by atomic mass is 9.89. The van der Waals surface area contributed by atoms with Crippen LogP contribution in [0.25, 0.3) is 22.2 Å². The zero-order valence-corrected chi connectivity index (χ0v) is 19.3. The molecule has 1 spiro atoms. The highest BCUT2D eigenvalue weighted by Gasteiger charge is 2.51. The Labute approximate surface area is 203 Å². The van der Waals surface area contributed by atoms with Gasteiger partial charge in [-0.25, -0.2) is 0 Å². The number of aromatic amines is 1. The van der Waals surface area contributed by atoms with Gasteiger partial charge in [0.15, 0.2) is 5.79 Å². The SMILES string of the molecule is O=C(Nc1ccc2[nH]nc(-c3ccncc3)c2c1)C1CN(Cc2ccccc2)CCC12OCCO2. The average Bonchev–Trinajstić information content (AvgIpc) is 3.54. The van der Waals surface area contributed by atoms with Crippen molar-refractivity contribution in [2.45, 2.75) is 18.8 Å². The van der Waals surface area contributed by atoms with Gasteiger partial charge in [-0.1, -0.05) is 30.3 Å². The second-order valence-corrected chi connectivity index (χ2v) is 9.09. The molecule has 0 radical (unpaired) electrons. The number of likely N-dealkylation sites (tertiary alicyclic amines) is 1. The number of carbonyl (C=O) groups excluding carboxylic acids is 1. The number of anilines is 1. The molecule has 2 saturated heterocycles. The Morgan fingerprint density at radius 3 is 2.69 bits per heavy atom. The number of fused-ring (bicyclic) bond motifs is 1. The Morgan fingerprint density at radius 1 is 1.09 bits per heavy atom. The van der Waals surface area contributed by atoms with Crippen LogP contribution in [-0.2, 0) is 20.8 Å². The fourth-order valence-corrected chi connectivity index (χ4v) is 5.11. The van der Waals surface area contributed by atoms with Gasteiger partial charge in [0.1, 0.15) is 11.6 Å². The summed E-state index contributed by atoms with van der Waals surface area (Å²) in [6.45, 7) is 3.19. The number of H-pyrrole nitrogens is 1. The highest BCUT2D eigenvalue weighted by Crippen LogP contribution is 2.37. The first-order chi connectivity index (χ1) is 17.2. The van der Waals surface area contributed by atoms with E-state index < -0.39 is 11.7 Å². The zero-order chi connectivity index (χ0) is 23.7. The monoisotopic (exact) mass is 469 g/mol. The lowest BCUT2D eigenvalue weighted by Gasteiger charge is -2.43. The molecule has 0 aliphatic carbocycles. The maximum absolute atomic E-state index is 13.6. The molecule has 2 fully saturated rings. The van der Waals surface area contributed by atoms with E-state index in [-0.39, 0.29) is 5.91 Å². The highest BCUT2D eigenvalue weighted by molar-refractivity contribution is 5.99. The molecular formula is C27H27N5O3. The van der Waals surface area contributed by atoms with Crippen molar-refractivity contribution in [3.63, 3.8) is 0 Å². The van der Waals surface area contributed by atoms with E-state index in [4.69, 9.17) is 9.47 Å². The largest absolute Gasteiger partial charge is 0.347 e. The lowest BCUT2D eigenvalue weighted by Crippen LogP contribution is -2.56. The summed E-state index contributed by atoms with van der Waals surface area (Å²) in [4.78, 5) is 20.0. The quantitative estimate of drug-likeness (QED) is 0.462. The first-order valence-electron chi connectivity index (χ1n) is 11.9. The molecule has 0 bridgehead atoms. The molecule has 2 aliphatic rings.